The molecular formula is C18H13F2N3O3S. The lowest BCUT2D eigenvalue weighted by Crippen LogP contribution is -2.14. The first-order chi connectivity index (χ1) is 12.9. The van der Waals surface area contributed by atoms with E-state index in [9.17, 15) is 23.7 Å². The summed E-state index contributed by atoms with van der Waals surface area (Å²) in [6.07, 6.45) is 1.80. The first-order valence-corrected chi connectivity index (χ1v) is 8.64. The number of non-ortho nitro benzene ring substituents is 1. The molecule has 3 rings (SSSR count). The topological polar surface area (TPSA) is 85.1 Å². The quantitative estimate of drug-likeness (QED) is 0.508. The molecule has 0 spiro atoms. The van der Waals surface area contributed by atoms with Gasteiger partial charge in [-0.3, -0.25) is 14.9 Å². The summed E-state index contributed by atoms with van der Waals surface area (Å²) >= 11 is 1.19. The Morgan fingerprint density at radius 3 is 2.59 bits per heavy atom. The number of anilines is 1. The highest BCUT2D eigenvalue weighted by atomic mass is 32.1. The molecule has 1 amide bonds. The van der Waals surface area contributed by atoms with Crippen molar-refractivity contribution in [3.8, 4) is 0 Å². The Morgan fingerprint density at radius 2 is 1.93 bits per heavy atom. The fraction of sp³-hybridized carbons (Fsp3) is 0.111. The standard InChI is InChI=1S/C18H13F2N3O3S/c19-13-4-3-12(16(20)9-13)8-15-10-21-18(27-15)22-17(24)7-11-1-5-14(6-2-11)23(25)26/h1-6,9-10H,7-8H2,(H,21,22,24). The van der Waals surface area contributed by atoms with Crippen LogP contribution in [0.3, 0.4) is 0 Å². The molecule has 0 unspecified atom stereocenters. The number of halogens is 2. The van der Waals surface area contributed by atoms with E-state index in [1.807, 2.05) is 0 Å². The lowest BCUT2D eigenvalue weighted by molar-refractivity contribution is -0.384. The Hall–Kier alpha value is -3.20. The van der Waals surface area contributed by atoms with Gasteiger partial charge in [0.15, 0.2) is 5.13 Å². The summed E-state index contributed by atoms with van der Waals surface area (Å²) in [5.41, 5.74) is 0.920. The van der Waals surface area contributed by atoms with Crippen molar-refractivity contribution in [2.75, 3.05) is 5.32 Å². The minimum Gasteiger partial charge on any atom is -0.302 e. The molecule has 1 N–H and O–H groups in total. The molecule has 9 heteroatoms. The third kappa shape index (κ3) is 4.91. The molecule has 3 aromatic rings. The van der Waals surface area contributed by atoms with Gasteiger partial charge in [-0.25, -0.2) is 13.8 Å². The van der Waals surface area contributed by atoms with E-state index >= 15 is 0 Å². The summed E-state index contributed by atoms with van der Waals surface area (Å²) in [6, 6.07) is 9.08. The predicted octanol–water partition coefficient (Wildman–Crippen LogP) is 4.10. The van der Waals surface area contributed by atoms with Crippen LogP contribution in [0, 0.1) is 21.7 Å². The lowest BCUT2D eigenvalue weighted by atomic mass is 10.1. The third-order valence-corrected chi connectivity index (χ3v) is 4.60. The first kappa shape index (κ1) is 18.6. The molecule has 0 saturated heterocycles. The number of carbonyl (C=O) groups is 1. The monoisotopic (exact) mass is 389 g/mol. The minimum absolute atomic E-state index is 0.0412. The van der Waals surface area contributed by atoms with E-state index in [4.69, 9.17) is 0 Å². The second-order valence-corrected chi connectivity index (χ2v) is 6.81. The van der Waals surface area contributed by atoms with Crippen molar-refractivity contribution >= 4 is 28.1 Å². The highest BCUT2D eigenvalue weighted by Gasteiger charge is 2.11. The SMILES string of the molecule is O=C(Cc1ccc([N+](=O)[O-])cc1)Nc1ncc(Cc2ccc(F)cc2F)s1. The summed E-state index contributed by atoms with van der Waals surface area (Å²) in [5.74, 6) is -1.59. The van der Waals surface area contributed by atoms with E-state index in [2.05, 4.69) is 10.3 Å². The highest BCUT2D eigenvalue weighted by Crippen LogP contribution is 2.23. The molecule has 27 heavy (non-hydrogen) atoms. The molecule has 0 atom stereocenters. The first-order valence-electron chi connectivity index (χ1n) is 7.82. The van der Waals surface area contributed by atoms with Crippen molar-refractivity contribution in [1.82, 2.24) is 4.98 Å². The number of nitro groups is 1. The van der Waals surface area contributed by atoms with Crippen molar-refractivity contribution in [2.24, 2.45) is 0 Å². The summed E-state index contributed by atoms with van der Waals surface area (Å²) < 4.78 is 26.6. The molecule has 0 saturated carbocycles. The fourth-order valence-electron chi connectivity index (χ4n) is 2.38. The van der Waals surface area contributed by atoms with E-state index < -0.39 is 16.6 Å². The number of amides is 1. The number of nitrogens with one attached hydrogen (secondary N) is 1. The largest absolute Gasteiger partial charge is 0.302 e. The second kappa shape index (κ2) is 8.00. The number of benzene rings is 2. The molecule has 0 aliphatic carbocycles. The van der Waals surface area contributed by atoms with Gasteiger partial charge >= 0.3 is 0 Å². The Morgan fingerprint density at radius 1 is 1.19 bits per heavy atom. The van der Waals surface area contributed by atoms with Crippen LogP contribution >= 0.6 is 11.3 Å². The Kier molecular flexibility index (Phi) is 5.51. The Bertz CT molecular complexity index is 990. The number of rotatable bonds is 6. The molecule has 1 aromatic heterocycles. The van der Waals surface area contributed by atoms with Gasteiger partial charge in [-0.2, -0.15) is 0 Å². The molecule has 0 bridgehead atoms. The van der Waals surface area contributed by atoms with Crippen LogP contribution < -0.4 is 5.32 Å². The van der Waals surface area contributed by atoms with Crippen molar-refractivity contribution in [3.05, 3.63) is 86.4 Å². The Labute approximate surface area is 156 Å². The Balaban J connectivity index is 1.59. The maximum absolute atomic E-state index is 13.7. The third-order valence-electron chi connectivity index (χ3n) is 3.69. The van der Waals surface area contributed by atoms with Gasteiger partial charge in [0.2, 0.25) is 5.91 Å². The van der Waals surface area contributed by atoms with Gasteiger partial charge in [0.1, 0.15) is 11.6 Å². The van der Waals surface area contributed by atoms with Gasteiger partial charge < -0.3 is 5.32 Å². The molecule has 0 fully saturated rings. The minimum atomic E-state index is -0.639. The molecule has 1 heterocycles. The van der Waals surface area contributed by atoms with Gasteiger partial charge in [0, 0.05) is 35.7 Å². The van der Waals surface area contributed by atoms with Crippen molar-refractivity contribution in [1.29, 1.82) is 0 Å². The summed E-state index contributed by atoms with van der Waals surface area (Å²) in [6.45, 7) is 0. The normalized spacial score (nSPS) is 10.6. The summed E-state index contributed by atoms with van der Waals surface area (Å²) in [4.78, 5) is 27.0. The smallest absolute Gasteiger partial charge is 0.269 e. The number of carbonyl (C=O) groups excluding carboxylic acids is 1. The molecule has 2 aromatic carbocycles. The molecular weight excluding hydrogens is 376 g/mol. The number of nitrogens with zero attached hydrogens (tertiary/aromatic N) is 2. The van der Waals surface area contributed by atoms with E-state index in [1.165, 1.54) is 53.9 Å². The van der Waals surface area contributed by atoms with Crippen molar-refractivity contribution < 1.29 is 18.5 Å². The van der Waals surface area contributed by atoms with Crippen LogP contribution in [-0.4, -0.2) is 15.8 Å². The molecule has 0 aliphatic rings. The van der Waals surface area contributed by atoms with Crippen LogP contribution in [0.25, 0.3) is 0 Å². The zero-order chi connectivity index (χ0) is 19.4. The van der Waals surface area contributed by atoms with Crippen LogP contribution in [-0.2, 0) is 17.6 Å². The number of thiazole rings is 1. The predicted molar refractivity (Wildman–Crippen MR) is 96.7 cm³/mol. The van der Waals surface area contributed by atoms with Crippen molar-refractivity contribution in [3.63, 3.8) is 0 Å². The lowest BCUT2D eigenvalue weighted by Gasteiger charge is -2.02. The van der Waals surface area contributed by atoms with Gasteiger partial charge in [-0.15, -0.1) is 11.3 Å². The molecule has 6 nitrogen and oxygen atoms in total. The maximum Gasteiger partial charge on any atom is 0.269 e. The van der Waals surface area contributed by atoms with Gasteiger partial charge in [0.05, 0.1) is 11.3 Å². The van der Waals surface area contributed by atoms with Crippen LogP contribution in [0.15, 0.2) is 48.7 Å². The summed E-state index contributed by atoms with van der Waals surface area (Å²) in [7, 11) is 0. The second-order valence-electron chi connectivity index (χ2n) is 5.69. The van der Waals surface area contributed by atoms with Gasteiger partial charge in [0.25, 0.3) is 5.69 Å². The van der Waals surface area contributed by atoms with Crippen LogP contribution in [0.1, 0.15) is 16.0 Å². The van der Waals surface area contributed by atoms with Crippen LogP contribution in [0.5, 0.6) is 0 Å². The van der Waals surface area contributed by atoms with Gasteiger partial charge in [-0.05, 0) is 17.2 Å². The van der Waals surface area contributed by atoms with E-state index in [1.54, 1.807) is 0 Å². The van der Waals surface area contributed by atoms with Crippen LogP contribution in [0.2, 0.25) is 0 Å². The maximum atomic E-state index is 13.7. The van der Waals surface area contributed by atoms with E-state index in [-0.39, 0.29) is 24.4 Å². The highest BCUT2D eigenvalue weighted by molar-refractivity contribution is 7.15. The molecule has 138 valence electrons. The van der Waals surface area contributed by atoms with E-state index in [0.29, 0.717) is 21.1 Å². The number of aromatic nitrogens is 1. The zero-order valence-corrected chi connectivity index (χ0v) is 14.6. The fourth-order valence-corrected chi connectivity index (χ4v) is 3.24. The van der Waals surface area contributed by atoms with Gasteiger partial charge in [-0.1, -0.05) is 18.2 Å². The number of nitro benzene ring substituents is 1. The van der Waals surface area contributed by atoms with Crippen molar-refractivity contribution in [2.45, 2.75) is 12.8 Å². The molecule has 0 radical (unpaired) electrons. The molecule has 0 aliphatic heterocycles. The average molecular weight is 389 g/mol. The van der Waals surface area contributed by atoms with Crippen LogP contribution in [0.4, 0.5) is 19.6 Å². The summed E-state index contributed by atoms with van der Waals surface area (Å²) in [5, 5.41) is 13.6. The zero-order valence-electron chi connectivity index (χ0n) is 13.8. The number of hydrogen-bond donors (Lipinski definition) is 1. The van der Waals surface area contributed by atoms with E-state index in [0.717, 1.165) is 6.07 Å². The number of hydrogen-bond acceptors (Lipinski definition) is 5. The average Bonchev–Trinajstić information content (AvgIpc) is 3.04.